The minimum absolute atomic E-state index is 0.0676. The van der Waals surface area contributed by atoms with Crippen LogP contribution in [0.25, 0.3) is 0 Å². The van der Waals surface area contributed by atoms with Crippen molar-refractivity contribution in [3.8, 4) is 6.07 Å². The highest BCUT2D eigenvalue weighted by Crippen LogP contribution is 2.50. The lowest BCUT2D eigenvalue weighted by atomic mass is 9.73. The number of allylic oxidation sites excluding steroid dienone is 2. The van der Waals surface area contributed by atoms with E-state index in [2.05, 4.69) is 27.3 Å². The molecule has 0 aliphatic heterocycles. The number of primary amides is 1. The summed E-state index contributed by atoms with van der Waals surface area (Å²) in [4.78, 5) is 25.7. The second kappa shape index (κ2) is 8.50. The fourth-order valence-electron chi connectivity index (χ4n) is 4.33. The zero-order valence-electron chi connectivity index (χ0n) is 17.0. The average Bonchev–Trinajstić information content (AvgIpc) is 3.41. The molecule has 0 bridgehead atoms. The summed E-state index contributed by atoms with van der Waals surface area (Å²) in [5, 5.41) is 12.4. The van der Waals surface area contributed by atoms with Crippen LogP contribution < -0.4 is 11.1 Å². The number of hydrogen-bond acceptors (Lipinski definition) is 7. The summed E-state index contributed by atoms with van der Waals surface area (Å²) in [5.74, 6) is -1.79. The first kappa shape index (κ1) is 23.7. The maximum Gasteiger partial charge on any atom is 0.249 e. The van der Waals surface area contributed by atoms with Gasteiger partial charge in [0.2, 0.25) is 26.4 Å². The van der Waals surface area contributed by atoms with Crippen molar-refractivity contribution < 1.29 is 22.7 Å². The first-order valence-corrected chi connectivity index (χ1v) is 12.6. The highest BCUT2D eigenvalue weighted by atomic mass is 79.9. The molecule has 3 N–H and O–H groups in total. The Bertz CT molecular complexity index is 1130. The number of likely N-dealkylation sites (N-methyl/N-ethyl adjacent to an activating group) is 1. The Morgan fingerprint density at radius 2 is 2.00 bits per heavy atom. The lowest BCUT2D eigenvalue weighted by Crippen LogP contribution is -2.61. The van der Waals surface area contributed by atoms with E-state index in [4.69, 9.17) is 10.5 Å². The molecular weight excluding hydrogens is 506 g/mol. The predicted molar refractivity (Wildman–Crippen MR) is 119 cm³/mol. The highest BCUT2D eigenvalue weighted by Gasteiger charge is 2.60. The van der Waals surface area contributed by atoms with E-state index in [1.54, 1.807) is 6.07 Å². The van der Waals surface area contributed by atoms with Crippen LogP contribution in [-0.2, 0) is 24.2 Å². The predicted octanol–water partition coefficient (Wildman–Crippen LogP) is 2.22. The number of nitrogens with one attached hydrogen (secondary N) is 1. The SMILES string of the molecule is CNC(=O)C1=CC(C2(C#N)CCCC2)=CC(C(N)=O)(S(=O)(=O)c2ccc(Br)s2)C1OC. The molecule has 3 rings (SSSR count). The Kier molecular flexibility index (Phi) is 6.49. The van der Waals surface area contributed by atoms with Gasteiger partial charge in [-0.1, -0.05) is 12.8 Å². The van der Waals surface area contributed by atoms with E-state index in [9.17, 15) is 23.3 Å². The van der Waals surface area contributed by atoms with Gasteiger partial charge in [0.25, 0.3) is 0 Å². The minimum Gasteiger partial charge on any atom is -0.374 e. The van der Waals surface area contributed by atoms with Gasteiger partial charge in [0.05, 0.1) is 15.3 Å². The fraction of sp³-hybridized carbons (Fsp3) is 0.450. The van der Waals surface area contributed by atoms with Crippen LogP contribution in [0.5, 0.6) is 0 Å². The molecule has 2 unspecified atom stereocenters. The molecule has 1 heterocycles. The topological polar surface area (TPSA) is 139 Å². The van der Waals surface area contributed by atoms with Crippen LogP contribution >= 0.6 is 27.3 Å². The molecule has 2 amide bonds. The third-order valence-corrected chi connectivity index (χ3v) is 10.4. The lowest BCUT2D eigenvalue weighted by molar-refractivity contribution is -0.123. The molecule has 1 saturated carbocycles. The number of rotatable bonds is 6. The first-order valence-electron chi connectivity index (χ1n) is 9.50. The molecule has 0 aromatic carbocycles. The van der Waals surface area contributed by atoms with E-state index in [1.807, 2.05) is 0 Å². The zero-order valence-corrected chi connectivity index (χ0v) is 20.2. The Morgan fingerprint density at radius 1 is 1.35 bits per heavy atom. The van der Waals surface area contributed by atoms with Gasteiger partial charge in [-0.25, -0.2) is 8.42 Å². The second-order valence-corrected chi connectivity index (χ2v) is 12.4. The van der Waals surface area contributed by atoms with E-state index in [-0.39, 0.29) is 9.78 Å². The van der Waals surface area contributed by atoms with E-state index in [0.29, 0.717) is 22.2 Å². The molecule has 11 heteroatoms. The number of hydrogen-bond donors (Lipinski definition) is 2. The van der Waals surface area contributed by atoms with Crippen molar-refractivity contribution in [1.82, 2.24) is 5.32 Å². The molecule has 2 atom stereocenters. The third kappa shape index (κ3) is 3.55. The van der Waals surface area contributed by atoms with Gasteiger partial charge in [0, 0.05) is 19.7 Å². The molecule has 0 spiro atoms. The third-order valence-electron chi connectivity index (χ3n) is 5.94. The second-order valence-electron chi connectivity index (χ2n) is 7.51. The van der Waals surface area contributed by atoms with Crippen molar-refractivity contribution >= 4 is 48.9 Å². The molecule has 2 aliphatic rings. The summed E-state index contributed by atoms with van der Waals surface area (Å²) < 4.78 is 31.2. The van der Waals surface area contributed by atoms with Crippen LogP contribution in [0, 0.1) is 16.7 Å². The monoisotopic (exact) mass is 527 g/mol. The Labute approximate surface area is 193 Å². The summed E-state index contributed by atoms with van der Waals surface area (Å²) in [6.45, 7) is 0. The van der Waals surface area contributed by atoms with Crippen molar-refractivity contribution in [3.63, 3.8) is 0 Å². The van der Waals surface area contributed by atoms with Gasteiger partial charge < -0.3 is 15.8 Å². The number of sulfone groups is 1. The number of nitrogens with zero attached hydrogens (tertiary/aromatic N) is 1. The summed E-state index contributed by atoms with van der Waals surface area (Å²) in [5.41, 5.74) is 4.98. The van der Waals surface area contributed by atoms with E-state index in [1.165, 1.54) is 32.4 Å². The summed E-state index contributed by atoms with van der Waals surface area (Å²) in [6, 6.07) is 5.20. The number of nitrogens with two attached hydrogens (primary N) is 1. The van der Waals surface area contributed by atoms with Crippen LogP contribution in [-0.4, -0.2) is 45.2 Å². The maximum absolute atomic E-state index is 13.9. The number of ether oxygens (including phenoxy) is 1. The number of carbonyl (C=O) groups is 2. The quantitative estimate of drug-likeness (QED) is 0.581. The van der Waals surface area contributed by atoms with Crippen molar-refractivity contribution in [1.29, 1.82) is 5.26 Å². The van der Waals surface area contributed by atoms with E-state index in [0.717, 1.165) is 24.2 Å². The standard InChI is InChI=1S/C20H22BrN3O5S2/c1-24-17(25)13-9-12(19(11-22)7-3-4-8-19)10-20(18(23)26,16(13)29-2)31(27,28)15-6-5-14(21)30-15/h5-6,9-10,16H,3-4,7-8H2,1-2H3,(H2,23,26)(H,24,25). The number of amides is 2. The fourth-order valence-corrected chi connectivity index (χ4v) is 8.53. The van der Waals surface area contributed by atoms with E-state index >= 15 is 0 Å². The molecule has 1 aromatic heterocycles. The van der Waals surface area contributed by atoms with Crippen molar-refractivity contribution in [2.45, 2.75) is 40.7 Å². The van der Waals surface area contributed by atoms with Crippen LogP contribution in [0.4, 0.5) is 0 Å². The highest BCUT2D eigenvalue weighted by molar-refractivity contribution is 9.11. The molecule has 166 valence electrons. The molecular formula is C20H22BrN3O5S2. The summed E-state index contributed by atoms with van der Waals surface area (Å²) in [6.07, 6.45) is 3.76. The number of thiophene rings is 1. The largest absolute Gasteiger partial charge is 0.374 e. The Hall–Kier alpha value is -2.00. The lowest BCUT2D eigenvalue weighted by Gasteiger charge is -2.40. The van der Waals surface area contributed by atoms with Gasteiger partial charge in [-0.15, -0.1) is 11.3 Å². The normalized spacial score (nSPS) is 25.3. The first-order chi connectivity index (χ1) is 14.6. The molecule has 2 aliphatic carbocycles. The summed E-state index contributed by atoms with van der Waals surface area (Å²) in [7, 11) is -1.85. The Morgan fingerprint density at radius 3 is 2.45 bits per heavy atom. The van der Waals surface area contributed by atoms with Crippen molar-refractivity contribution in [2.24, 2.45) is 11.1 Å². The van der Waals surface area contributed by atoms with Gasteiger partial charge in [0.15, 0.2) is 0 Å². The number of carbonyl (C=O) groups excluding carboxylic acids is 2. The van der Waals surface area contributed by atoms with Crippen LogP contribution in [0.1, 0.15) is 25.7 Å². The Balaban J connectivity index is 2.39. The summed E-state index contributed by atoms with van der Waals surface area (Å²) >= 11 is 4.16. The number of nitriles is 1. The van der Waals surface area contributed by atoms with Gasteiger partial charge in [-0.3, -0.25) is 9.59 Å². The van der Waals surface area contributed by atoms with Crippen LogP contribution in [0.3, 0.4) is 0 Å². The van der Waals surface area contributed by atoms with E-state index < -0.39 is 37.9 Å². The van der Waals surface area contributed by atoms with Gasteiger partial charge in [-0.2, -0.15) is 5.26 Å². The molecule has 1 aromatic rings. The van der Waals surface area contributed by atoms with Gasteiger partial charge in [0.1, 0.15) is 10.3 Å². The molecule has 8 nitrogen and oxygen atoms in total. The maximum atomic E-state index is 13.9. The molecule has 1 fully saturated rings. The number of methoxy groups -OCH3 is 1. The smallest absolute Gasteiger partial charge is 0.249 e. The van der Waals surface area contributed by atoms with Gasteiger partial charge in [-0.05, 0) is 58.6 Å². The molecule has 0 saturated heterocycles. The van der Waals surface area contributed by atoms with Crippen molar-refractivity contribution in [2.75, 3.05) is 14.2 Å². The zero-order chi connectivity index (χ0) is 23.0. The number of halogens is 1. The molecule has 0 radical (unpaired) electrons. The average molecular weight is 528 g/mol. The van der Waals surface area contributed by atoms with Gasteiger partial charge >= 0.3 is 0 Å². The van der Waals surface area contributed by atoms with Crippen LogP contribution in [0.2, 0.25) is 0 Å². The molecule has 31 heavy (non-hydrogen) atoms. The minimum atomic E-state index is -4.45. The van der Waals surface area contributed by atoms with Crippen LogP contribution in [0.15, 0.2) is 43.4 Å². The van der Waals surface area contributed by atoms with Crippen molar-refractivity contribution in [3.05, 3.63) is 39.2 Å².